The van der Waals surface area contributed by atoms with E-state index in [0.717, 1.165) is 21.5 Å². The molecular weight excluding hydrogens is 486 g/mol. The third kappa shape index (κ3) is 3.44. The number of allylic oxidation sites excluding steroid dienone is 1. The van der Waals surface area contributed by atoms with Crippen molar-refractivity contribution in [1.82, 2.24) is 0 Å². The number of hydrogen-bond donors (Lipinski definition) is 0. The highest BCUT2D eigenvalue weighted by Crippen LogP contribution is 2.60. The first-order chi connectivity index (χ1) is 14.4. The molecule has 0 aliphatic carbocycles. The van der Waals surface area contributed by atoms with Crippen molar-refractivity contribution >= 4 is 67.6 Å². The summed E-state index contributed by atoms with van der Waals surface area (Å²) >= 11 is 6.12. The Morgan fingerprint density at radius 2 is 1.70 bits per heavy atom. The first-order valence-electron chi connectivity index (χ1n) is 9.05. The van der Waals surface area contributed by atoms with Gasteiger partial charge in [0.05, 0.1) is 12.8 Å². The number of para-hydroxylation sites is 1. The molecule has 2 aliphatic heterocycles. The summed E-state index contributed by atoms with van der Waals surface area (Å²) in [6.07, 6.45) is 0. The lowest BCUT2D eigenvalue weighted by Crippen LogP contribution is -2.49. The number of esters is 1. The van der Waals surface area contributed by atoms with Crippen molar-refractivity contribution < 1.29 is 14.3 Å². The number of ketones is 1. The maximum Gasteiger partial charge on any atom is 0.346 e. The van der Waals surface area contributed by atoms with Crippen molar-refractivity contribution in [2.75, 3.05) is 17.0 Å². The third-order valence-electron chi connectivity index (χ3n) is 4.63. The summed E-state index contributed by atoms with van der Waals surface area (Å²) in [5.74, 6) is -0.542. The van der Waals surface area contributed by atoms with Crippen molar-refractivity contribution in [3.8, 4) is 0 Å². The van der Waals surface area contributed by atoms with Gasteiger partial charge in [0.1, 0.15) is 4.91 Å². The molecule has 0 radical (unpaired) electrons. The number of methoxy groups -OCH3 is 1. The Morgan fingerprint density at radius 3 is 2.30 bits per heavy atom. The summed E-state index contributed by atoms with van der Waals surface area (Å²) in [4.78, 5) is 27.4. The number of carbonyl (C=O) groups excluding carboxylic acids is 2. The standard InChI is InChI=1S/C21H18BrN3O3S2/c1-13-18(20(27)28-3)29-21(24(13)16-7-5-4-6-8-16)25(23-19(30-21)14(2)26)17-11-9-15(22)10-12-17/h4-12H,1-3H3. The van der Waals surface area contributed by atoms with E-state index in [1.807, 2.05) is 66.4 Å². The van der Waals surface area contributed by atoms with Crippen LogP contribution in [-0.4, -0.2) is 28.2 Å². The maximum atomic E-state index is 12.6. The Kier molecular flexibility index (Phi) is 5.69. The molecule has 0 aromatic heterocycles. The fourth-order valence-corrected chi connectivity index (χ4v) is 6.52. The monoisotopic (exact) mass is 503 g/mol. The van der Waals surface area contributed by atoms with E-state index in [0.29, 0.717) is 9.95 Å². The van der Waals surface area contributed by atoms with Crippen LogP contribution in [0.15, 0.2) is 74.8 Å². The highest BCUT2D eigenvalue weighted by Gasteiger charge is 2.57. The first-order valence-corrected chi connectivity index (χ1v) is 11.5. The van der Waals surface area contributed by atoms with Gasteiger partial charge < -0.3 is 9.64 Å². The quantitative estimate of drug-likeness (QED) is 0.532. The van der Waals surface area contributed by atoms with Gasteiger partial charge >= 0.3 is 5.97 Å². The van der Waals surface area contributed by atoms with Crippen LogP contribution in [0.4, 0.5) is 11.4 Å². The van der Waals surface area contributed by atoms with Crippen LogP contribution in [0.25, 0.3) is 0 Å². The Morgan fingerprint density at radius 1 is 1.03 bits per heavy atom. The summed E-state index contributed by atoms with van der Waals surface area (Å²) in [5.41, 5.74) is 2.43. The normalized spacial score (nSPS) is 20.7. The number of rotatable bonds is 4. The zero-order valence-corrected chi connectivity index (χ0v) is 19.7. The predicted octanol–water partition coefficient (Wildman–Crippen LogP) is 5.17. The first kappa shape index (κ1) is 21.0. The van der Waals surface area contributed by atoms with Crippen LogP contribution in [0.1, 0.15) is 13.8 Å². The van der Waals surface area contributed by atoms with Crippen molar-refractivity contribution in [3.05, 3.63) is 69.7 Å². The minimum atomic E-state index is -0.913. The molecule has 0 saturated carbocycles. The summed E-state index contributed by atoms with van der Waals surface area (Å²) in [7, 11) is 1.37. The number of halogens is 1. The van der Waals surface area contributed by atoms with Gasteiger partial charge in [0.2, 0.25) is 4.33 Å². The molecule has 2 heterocycles. The largest absolute Gasteiger partial charge is 0.465 e. The number of Topliss-reactive ketones (excluding diaryl/α,β-unsaturated/α-hetero) is 1. The van der Waals surface area contributed by atoms with Gasteiger partial charge in [0, 0.05) is 22.8 Å². The molecule has 2 aliphatic rings. The van der Waals surface area contributed by atoms with Crippen molar-refractivity contribution in [2.45, 2.75) is 18.2 Å². The van der Waals surface area contributed by atoms with Gasteiger partial charge in [0.25, 0.3) is 0 Å². The number of hydrazone groups is 1. The van der Waals surface area contributed by atoms with E-state index in [1.165, 1.54) is 37.6 Å². The van der Waals surface area contributed by atoms with Crippen LogP contribution in [0.5, 0.6) is 0 Å². The van der Waals surface area contributed by atoms with Crippen LogP contribution >= 0.6 is 39.5 Å². The fraction of sp³-hybridized carbons (Fsp3) is 0.190. The van der Waals surface area contributed by atoms with Crippen LogP contribution < -0.4 is 9.91 Å². The lowest BCUT2D eigenvalue weighted by Gasteiger charge is -2.41. The molecule has 0 saturated heterocycles. The molecule has 0 fully saturated rings. The van der Waals surface area contributed by atoms with Crippen LogP contribution in [-0.2, 0) is 14.3 Å². The molecular formula is C21H18BrN3O3S2. The molecule has 0 bridgehead atoms. The van der Waals surface area contributed by atoms with Gasteiger partial charge in [-0.25, -0.2) is 9.80 Å². The SMILES string of the molecule is COC(=O)C1=C(C)N(c2ccccc2)C2(SC(C(C)=O)=NN2c2ccc(Br)cc2)S1. The van der Waals surface area contributed by atoms with E-state index in [2.05, 4.69) is 21.0 Å². The van der Waals surface area contributed by atoms with E-state index in [4.69, 9.17) is 4.74 Å². The number of hydrogen-bond acceptors (Lipinski definition) is 8. The molecule has 2 aromatic carbocycles. The second kappa shape index (κ2) is 8.13. The maximum absolute atomic E-state index is 12.6. The molecule has 1 atom stereocenters. The van der Waals surface area contributed by atoms with E-state index in [1.54, 1.807) is 5.01 Å². The number of nitrogens with zero attached hydrogens (tertiary/aromatic N) is 3. The number of thioether (sulfide) groups is 2. The van der Waals surface area contributed by atoms with Crippen molar-refractivity contribution in [2.24, 2.45) is 5.10 Å². The van der Waals surface area contributed by atoms with Crippen LogP contribution in [0, 0.1) is 0 Å². The Labute approximate surface area is 191 Å². The molecule has 30 heavy (non-hydrogen) atoms. The smallest absolute Gasteiger partial charge is 0.346 e. The van der Waals surface area contributed by atoms with Crippen molar-refractivity contribution in [3.63, 3.8) is 0 Å². The van der Waals surface area contributed by atoms with Crippen LogP contribution in [0.3, 0.4) is 0 Å². The number of ether oxygens (including phenoxy) is 1. The highest BCUT2D eigenvalue weighted by atomic mass is 79.9. The predicted molar refractivity (Wildman–Crippen MR) is 126 cm³/mol. The molecule has 0 N–H and O–H groups in total. The fourth-order valence-electron chi connectivity index (χ4n) is 3.28. The number of anilines is 2. The van der Waals surface area contributed by atoms with Crippen molar-refractivity contribution in [1.29, 1.82) is 0 Å². The summed E-state index contributed by atoms with van der Waals surface area (Å²) < 4.78 is 5.06. The Balaban J connectivity index is 1.91. The van der Waals surface area contributed by atoms with Gasteiger partial charge in [-0.2, -0.15) is 5.10 Å². The molecule has 0 amide bonds. The van der Waals surface area contributed by atoms with E-state index >= 15 is 0 Å². The van der Waals surface area contributed by atoms with E-state index in [9.17, 15) is 9.59 Å². The van der Waals surface area contributed by atoms with Gasteiger partial charge in [-0.05, 0) is 55.1 Å². The zero-order valence-electron chi connectivity index (χ0n) is 16.5. The zero-order chi connectivity index (χ0) is 21.5. The lowest BCUT2D eigenvalue weighted by molar-refractivity contribution is -0.135. The average Bonchev–Trinajstić information content (AvgIpc) is 3.27. The Hall–Kier alpha value is -2.23. The molecule has 4 rings (SSSR count). The molecule has 154 valence electrons. The molecule has 2 aromatic rings. The second-order valence-electron chi connectivity index (χ2n) is 6.58. The van der Waals surface area contributed by atoms with Gasteiger partial charge in [-0.1, -0.05) is 45.9 Å². The average molecular weight is 504 g/mol. The van der Waals surface area contributed by atoms with E-state index in [-0.39, 0.29) is 5.78 Å². The molecule has 6 nitrogen and oxygen atoms in total. The lowest BCUT2D eigenvalue weighted by atomic mass is 10.2. The summed E-state index contributed by atoms with van der Waals surface area (Å²) in [6.45, 7) is 3.38. The summed E-state index contributed by atoms with van der Waals surface area (Å²) in [6, 6.07) is 17.4. The number of carbonyl (C=O) groups is 2. The Bertz CT molecular complexity index is 1070. The van der Waals surface area contributed by atoms with Crippen LogP contribution in [0.2, 0.25) is 0 Å². The third-order valence-corrected chi connectivity index (χ3v) is 8.13. The van der Waals surface area contributed by atoms with E-state index < -0.39 is 10.3 Å². The minimum absolute atomic E-state index is 0.128. The second-order valence-corrected chi connectivity index (χ2v) is 10.1. The molecule has 9 heteroatoms. The molecule has 1 unspecified atom stereocenters. The topological polar surface area (TPSA) is 62.2 Å². The number of benzene rings is 2. The minimum Gasteiger partial charge on any atom is -0.465 e. The van der Waals surface area contributed by atoms with Gasteiger partial charge in [0.15, 0.2) is 10.8 Å². The van der Waals surface area contributed by atoms with Gasteiger partial charge in [-0.3, -0.25) is 4.79 Å². The molecule has 1 spiro atoms. The van der Waals surface area contributed by atoms with Gasteiger partial charge in [-0.15, -0.1) is 0 Å². The highest BCUT2D eigenvalue weighted by molar-refractivity contribution is 9.10. The summed E-state index contributed by atoms with van der Waals surface area (Å²) in [5, 5.41) is 6.84.